The third kappa shape index (κ3) is 4.03. The molecule has 0 bridgehead atoms. The third-order valence-corrected chi connectivity index (χ3v) is 3.46. The van der Waals surface area contributed by atoms with Gasteiger partial charge in [0.2, 0.25) is 0 Å². The van der Waals surface area contributed by atoms with Gasteiger partial charge < -0.3 is 9.84 Å². The number of benzene rings is 2. The number of rotatable bonds is 5. The van der Waals surface area contributed by atoms with Crippen LogP contribution in [0.25, 0.3) is 11.3 Å². The Bertz CT molecular complexity index is 901. The molecule has 0 aliphatic rings. The van der Waals surface area contributed by atoms with Crippen LogP contribution in [-0.4, -0.2) is 34.5 Å². The van der Waals surface area contributed by atoms with Gasteiger partial charge in [-0.3, -0.25) is 9.89 Å². The van der Waals surface area contributed by atoms with Crippen LogP contribution in [0.4, 0.5) is 0 Å². The number of methoxy groups -OCH3 is 1. The zero-order valence-corrected chi connectivity index (χ0v) is 13.4. The summed E-state index contributed by atoms with van der Waals surface area (Å²) in [4.78, 5) is 12.1. The summed E-state index contributed by atoms with van der Waals surface area (Å²) in [5.41, 5.74) is 4.93. The van der Waals surface area contributed by atoms with Gasteiger partial charge in [0.15, 0.2) is 0 Å². The van der Waals surface area contributed by atoms with Crippen LogP contribution >= 0.6 is 0 Å². The standard InChI is InChI=1S/C18H16N4O3/c1-25-15-4-2-3-13(9-15)16-10-17(21-20-16)18(24)22-19-11-12-5-7-14(23)8-6-12/h2-11,23H,1H3,(H,20,21)(H,22,24)/b19-11+. The molecule has 0 aliphatic heterocycles. The van der Waals surface area contributed by atoms with Gasteiger partial charge in [0.1, 0.15) is 17.2 Å². The highest BCUT2D eigenvalue weighted by atomic mass is 16.5. The van der Waals surface area contributed by atoms with E-state index in [0.717, 1.165) is 11.1 Å². The molecule has 0 atom stereocenters. The first-order valence-corrected chi connectivity index (χ1v) is 7.48. The largest absolute Gasteiger partial charge is 0.508 e. The molecule has 0 spiro atoms. The average Bonchev–Trinajstić information content (AvgIpc) is 3.14. The minimum absolute atomic E-state index is 0.170. The van der Waals surface area contributed by atoms with Crippen molar-refractivity contribution in [2.24, 2.45) is 5.10 Å². The molecule has 3 rings (SSSR count). The summed E-state index contributed by atoms with van der Waals surface area (Å²) in [7, 11) is 1.59. The van der Waals surface area contributed by atoms with Crippen LogP contribution in [0.2, 0.25) is 0 Å². The molecule has 0 aliphatic carbocycles. The first-order valence-electron chi connectivity index (χ1n) is 7.48. The molecule has 0 saturated heterocycles. The number of amides is 1. The molecule has 3 aromatic rings. The van der Waals surface area contributed by atoms with E-state index in [1.165, 1.54) is 6.21 Å². The molecule has 0 fully saturated rings. The second-order valence-electron chi connectivity index (χ2n) is 5.19. The Labute approximate surface area is 144 Å². The van der Waals surface area contributed by atoms with E-state index in [9.17, 15) is 9.90 Å². The van der Waals surface area contributed by atoms with Gasteiger partial charge in [-0.05, 0) is 48.0 Å². The second-order valence-corrected chi connectivity index (χ2v) is 5.19. The van der Waals surface area contributed by atoms with Crippen molar-refractivity contribution < 1.29 is 14.6 Å². The number of aromatic amines is 1. The highest BCUT2D eigenvalue weighted by molar-refractivity contribution is 5.94. The molecular weight excluding hydrogens is 320 g/mol. The van der Waals surface area contributed by atoms with Gasteiger partial charge in [0.05, 0.1) is 19.0 Å². The number of phenols is 1. The van der Waals surface area contributed by atoms with E-state index in [0.29, 0.717) is 17.1 Å². The summed E-state index contributed by atoms with van der Waals surface area (Å²) < 4.78 is 5.18. The lowest BCUT2D eigenvalue weighted by Crippen LogP contribution is -2.17. The number of hydrogen-bond acceptors (Lipinski definition) is 5. The Balaban J connectivity index is 1.67. The number of carbonyl (C=O) groups is 1. The lowest BCUT2D eigenvalue weighted by atomic mass is 10.1. The molecule has 1 aromatic heterocycles. The number of ether oxygens (including phenoxy) is 1. The van der Waals surface area contributed by atoms with Gasteiger partial charge in [0, 0.05) is 5.56 Å². The van der Waals surface area contributed by atoms with Gasteiger partial charge in [-0.25, -0.2) is 5.43 Å². The third-order valence-electron chi connectivity index (χ3n) is 3.46. The minimum Gasteiger partial charge on any atom is -0.508 e. The zero-order chi connectivity index (χ0) is 17.6. The molecule has 3 N–H and O–H groups in total. The summed E-state index contributed by atoms with van der Waals surface area (Å²) in [6.07, 6.45) is 1.48. The van der Waals surface area contributed by atoms with Crippen LogP contribution in [-0.2, 0) is 0 Å². The molecule has 1 amide bonds. The van der Waals surface area contributed by atoms with Gasteiger partial charge >= 0.3 is 0 Å². The van der Waals surface area contributed by atoms with Gasteiger partial charge in [-0.1, -0.05) is 12.1 Å². The highest BCUT2D eigenvalue weighted by Crippen LogP contribution is 2.22. The molecule has 1 heterocycles. The Morgan fingerprint density at radius 1 is 1.24 bits per heavy atom. The van der Waals surface area contributed by atoms with Crippen molar-refractivity contribution in [3.63, 3.8) is 0 Å². The maximum atomic E-state index is 12.1. The number of aromatic nitrogens is 2. The number of aromatic hydroxyl groups is 1. The molecule has 2 aromatic carbocycles. The summed E-state index contributed by atoms with van der Waals surface area (Å²) in [6.45, 7) is 0. The number of nitrogens with zero attached hydrogens (tertiary/aromatic N) is 2. The Morgan fingerprint density at radius 3 is 2.80 bits per heavy atom. The van der Waals surface area contributed by atoms with Crippen molar-refractivity contribution in [2.75, 3.05) is 7.11 Å². The smallest absolute Gasteiger partial charge is 0.289 e. The number of hydrogen-bond donors (Lipinski definition) is 3. The first-order chi connectivity index (χ1) is 12.2. The van der Waals surface area contributed by atoms with Crippen molar-refractivity contribution >= 4 is 12.1 Å². The van der Waals surface area contributed by atoms with Crippen LogP contribution in [0.1, 0.15) is 16.1 Å². The lowest BCUT2D eigenvalue weighted by Gasteiger charge is -2.00. The SMILES string of the molecule is COc1cccc(-c2cc(C(=O)N/N=C/c3ccc(O)cc3)[nH]n2)c1. The Hall–Kier alpha value is -3.61. The maximum Gasteiger partial charge on any atom is 0.289 e. The van der Waals surface area contributed by atoms with Gasteiger partial charge in [0.25, 0.3) is 5.91 Å². The van der Waals surface area contributed by atoms with Crippen LogP contribution < -0.4 is 10.2 Å². The molecule has 0 radical (unpaired) electrons. The fraction of sp³-hybridized carbons (Fsp3) is 0.0556. The van der Waals surface area contributed by atoms with E-state index in [4.69, 9.17) is 4.74 Å². The van der Waals surface area contributed by atoms with Crippen molar-refractivity contribution in [1.82, 2.24) is 15.6 Å². The molecule has 126 valence electrons. The van der Waals surface area contributed by atoms with E-state index >= 15 is 0 Å². The number of phenolic OH excluding ortho intramolecular Hbond substituents is 1. The van der Waals surface area contributed by atoms with Crippen LogP contribution in [0.5, 0.6) is 11.5 Å². The van der Waals surface area contributed by atoms with E-state index in [2.05, 4.69) is 20.7 Å². The molecular formula is C18H16N4O3. The topological polar surface area (TPSA) is 99.6 Å². The molecule has 7 heteroatoms. The molecule has 25 heavy (non-hydrogen) atoms. The predicted molar refractivity (Wildman–Crippen MR) is 93.7 cm³/mol. The maximum absolute atomic E-state index is 12.1. The predicted octanol–water partition coefficient (Wildman–Crippen LogP) is 2.55. The van der Waals surface area contributed by atoms with Crippen LogP contribution in [0.15, 0.2) is 59.7 Å². The van der Waals surface area contributed by atoms with E-state index in [1.807, 2.05) is 24.3 Å². The zero-order valence-electron chi connectivity index (χ0n) is 13.4. The molecule has 7 nitrogen and oxygen atoms in total. The normalized spacial score (nSPS) is 10.8. The number of nitrogens with one attached hydrogen (secondary N) is 2. The molecule has 0 saturated carbocycles. The van der Waals surface area contributed by atoms with Gasteiger partial charge in [-0.2, -0.15) is 10.2 Å². The van der Waals surface area contributed by atoms with Crippen molar-refractivity contribution in [3.05, 3.63) is 65.9 Å². The number of carbonyl (C=O) groups excluding carboxylic acids is 1. The number of H-pyrrole nitrogens is 1. The lowest BCUT2D eigenvalue weighted by molar-refractivity contribution is 0.0950. The summed E-state index contributed by atoms with van der Waals surface area (Å²) in [6, 6.07) is 15.5. The van der Waals surface area contributed by atoms with E-state index < -0.39 is 5.91 Å². The Kier molecular flexibility index (Phi) is 4.75. The summed E-state index contributed by atoms with van der Waals surface area (Å²) in [5, 5.41) is 19.9. The summed E-state index contributed by atoms with van der Waals surface area (Å²) >= 11 is 0. The van der Waals surface area contributed by atoms with E-state index in [-0.39, 0.29) is 5.75 Å². The van der Waals surface area contributed by atoms with Crippen LogP contribution in [0, 0.1) is 0 Å². The van der Waals surface area contributed by atoms with Crippen LogP contribution in [0.3, 0.4) is 0 Å². The fourth-order valence-corrected chi connectivity index (χ4v) is 2.15. The highest BCUT2D eigenvalue weighted by Gasteiger charge is 2.10. The minimum atomic E-state index is -0.406. The average molecular weight is 336 g/mol. The van der Waals surface area contributed by atoms with Crippen molar-refractivity contribution in [3.8, 4) is 22.8 Å². The van der Waals surface area contributed by atoms with E-state index in [1.54, 1.807) is 37.4 Å². The first kappa shape index (κ1) is 16.3. The van der Waals surface area contributed by atoms with Gasteiger partial charge in [-0.15, -0.1) is 0 Å². The molecule has 0 unspecified atom stereocenters. The summed E-state index contributed by atoms with van der Waals surface area (Å²) in [5.74, 6) is 0.477. The Morgan fingerprint density at radius 2 is 2.04 bits per heavy atom. The quantitative estimate of drug-likeness (QED) is 0.492. The van der Waals surface area contributed by atoms with Crippen molar-refractivity contribution in [2.45, 2.75) is 0 Å². The number of hydrazone groups is 1. The van der Waals surface area contributed by atoms with Crippen molar-refractivity contribution in [1.29, 1.82) is 0 Å². The fourth-order valence-electron chi connectivity index (χ4n) is 2.15. The second kappa shape index (κ2) is 7.31. The monoisotopic (exact) mass is 336 g/mol.